The number of aromatic nitrogens is 4. The summed E-state index contributed by atoms with van der Waals surface area (Å²) in [6.45, 7) is 2.09. The molecule has 5 heteroatoms. The third kappa shape index (κ3) is 2.81. The molecule has 0 aliphatic heterocycles. The fraction of sp³-hybridized carbons (Fsp3) is 0.533. The van der Waals surface area contributed by atoms with Gasteiger partial charge in [0.25, 0.3) is 0 Å². The lowest BCUT2D eigenvalue weighted by Crippen LogP contribution is -2.22. The monoisotopic (exact) mass is 271 g/mol. The van der Waals surface area contributed by atoms with Gasteiger partial charge < -0.3 is 5.32 Å². The predicted octanol–water partition coefficient (Wildman–Crippen LogP) is 2.93. The molecule has 3 rings (SSSR count). The van der Waals surface area contributed by atoms with Crippen LogP contribution in [-0.2, 0) is 7.05 Å². The number of hydrogen-bond donors (Lipinski definition) is 1. The van der Waals surface area contributed by atoms with Crippen LogP contribution in [0.4, 0.5) is 5.69 Å². The van der Waals surface area contributed by atoms with E-state index in [0.717, 1.165) is 5.56 Å². The third-order valence-electron chi connectivity index (χ3n) is 3.95. The highest BCUT2D eigenvalue weighted by molar-refractivity contribution is 5.64. The summed E-state index contributed by atoms with van der Waals surface area (Å²) in [4.78, 5) is 1.49. The summed E-state index contributed by atoms with van der Waals surface area (Å²) in [6.07, 6.45) is 6.64. The summed E-state index contributed by atoms with van der Waals surface area (Å²) in [5.74, 6) is 0.689. The first-order valence-corrected chi connectivity index (χ1v) is 7.34. The molecule has 0 unspecified atom stereocenters. The Hall–Kier alpha value is -1.91. The molecule has 1 N–H and O–H groups in total. The lowest BCUT2D eigenvalue weighted by Gasteiger charge is -2.24. The van der Waals surface area contributed by atoms with Crippen molar-refractivity contribution in [2.45, 2.75) is 45.1 Å². The maximum absolute atomic E-state index is 4.26. The standard InChI is InChI=1S/C15H21N5/c1-11-10-13(16-12-6-4-3-5-7-12)8-9-14(11)15-17-19-20(2)18-15/h8-10,12,16H,3-7H2,1-2H3. The van der Waals surface area contributed by atoms with E-state index in [1.54, 1.807) is 7.05 Å². The van der Waals surface area contributed by atoms with Crippen molar-refractivity contribution in [1.29, 1.82) is 0 Å². The van der Waals surface area contributed by atoms with Gasteiger partial charge in [-0.1, -0.05) is 19.3 Å². The van der Waals surface area contributed by atoms with Crippen LogP contribution >= 0.6 is 0 Å². The number of nitrogens with one attached hydrogen (secondary N) is 1. The smallest absolute Gasteiger partial charge is 0.205 e. The molecule has 1 aliphatic carbocycles. The van der Waals surface area contributed by atoms with Crippen LogP contribution in [0.1, 0.15) is 37.7 Å². The van der Waals surface area contributed by atoms with Gasteiger partial charge in [0.15, 0.2) is 0 Å². The first-order chi connectivity index (χ1) is 9.72. The van der Waals surface area contributed by atoms with E-state index >= 15 is 0 Å². The molecule has 1 aliphatic rings. The Morgan fingerprint density at radius 1 is 1.20 bits per heavy atom. The fourth-order valence-electron chi connectivity index (χ4n) is 2.88. The number of tetrazole rings is 1. The molecule has 5 nitrogen and oxygen atoms in total. The zero-order chi connectivity index (χ0) is 13.9. The van der Waals surface area contributed by atoms with E-state index in [4.69, 9.17) is 0 Å². The second-order valence-corrected chi connectivity index (χ2v) is 5.61. The molecule has 0 saturated heterocycles. The van der Waals surface area contributed by atoms with E-state index < -0.39 is 0 Å². The molecule has 0 spiro atoms. The molecular weight excluding hydrogens is 250 g/mol. The van der Waals surface area contributed by atoms with Crippen LogP contribution in [0.15, 0.2) is 18.2 Å². The Labute approximate surface area is 119 Å². The van der Waals surface area contributed by atoms with Crippen LogP contribution in [0.3, 0.4) is 0 Å². The quantitative estimate of drug-likeness (QED) is 0.932. The van der Waals surface area contributed by atoms with Crippen molar-refractivity contribution < 1.29 is 0 Å². The molecule has 0 amide bonds. The highest BCUT2D eigenvalue weighted by atomic mass is 15.6. The van der Waals surface area contributed by atoms with Gasteiger partial charge in [0.2, 0.25) is 5.82 Å². The van der Waals surface area contributed by atoms with Crippen LogP contribution < -0.4 is 5.32 Å². The van der Waals surface area contributed by atoms with Crippen molar-refractivity contribution in [3.05, 3.63) is 23.8 Å². The second kappa shape index (κ2) is 5.61. The molecule has 2 aromatic rings. The summed E-state index contributed by atoms with van der Waals surface area (Å²) in [6, 6.07) is 7.01. The van der Waals surface area contributed by atoms with Crippen LogP contribution in [0.5, 0.6) is 0 Å². The van der Waals surface area contributed by atoms with Crippen molar-refractivity contribution in [3.63, 3.8) is 0 Å². The molecule has 1 fully saturated rings. The minimum atomic E-state index is 0.628. The minimum Gasteiger partial charge on any atom is -0.382 e. The average Bonchev–Trinajstić information content (AvgIpc) is 2.86. The van der Waals surface area contributed by atoms with E-state index in [1.807, 2.05) is 0 Å². The Balaban J connectivity index is 1.76. The summed E-state index contributed by atoms with van der Waals surface area (Å²) in [7, 11) is 1.78. The maximum atomic E-state index is 4.26. The molecule has 106 valence electrons. The largest absolute Gasteiger partial charge is 0.382 e. The van der Waals surface area contributed by atoms with E-state index in [1.165, 1.54) is 48.2 Å². The average molecular weight is 271 g/mol. The Morgan fingerprint density at radius 2 is 2.00 bits per heavy atom. The van der Waals surface area contributed by atoms with Gasteiger partial charge in [0.1, 0.15) is 0 Å². The van der Waals surface area contributed by atoms with E-state index in [-0.39, 0.29) is 0 Å². The summed E-state index contributed by atoms with van der Waals surface area (Å²) in [5.41, 5.74) is 3.42. The molecule has 0 atom stereocenters. The SMILES string of the molecule is Cc1cc(NC2CCCCC2)ccc1-c1nnn(C)n1. The lowest BCUT2D eigenvalue weighted by molar-refractivity contribution is 0.463. The van der Waals surface area contributed by atoms with Gasteiger partial charge in [-0.15, -0.1) is 10.2 Å². The molecule has 1 aromatic carbocycles. The zero-order valence-corrected chi connectivity index (χ0v) is 12.1. The fourth-order valence-corrected chi connectivity index (χ4v) is 2.88. The molecule has 1 aromatic heterocycles. The van der Waals surface area contributed by atoms with Gasteiger partial charge >= 0.3 is 0 Å². The Morgan fingerprint density at radius 3 is 2.65 bits per heavy atom. The summed E-state index contributed by atoms with van der Waals surface area (Å²) >= 11 is 0. The maximum Gasteiger partial charge on any atom is 0.205 e. The van der Waals surface area contributed by atoms with E-state index in [2.05, 4.69) is 45.9 Å². The van der Waals surface area contributed by atoms with E-state index in [0.29, 0.717) is 11.9 Å². The molecule has 1 heterocycles. The van der Waals surface area contributed by atoms with E-state index in [9.17, 15) is 0 Å². The van der Waals surface area contributed by atoms with Crippen LogP contribution in [0.25, 0.3) is 11.4 Å². The Kier molecular flexibility index (Phi) is 3.67. The molecule has 0 radical (unpaired) electrons. The van der Waals surface area contributed by atoms with Gasteiger partial charge in [0, 0.05) is 17.3 Å². The van der Waals surface area contributed by atoms with Crippen LogP contribution in [0, 0.1) is 6.92 Å². The van der Waals surface area contributed by atoms with Gasteiger partial charge in [-0.2, -0.15) is 4.80 Å². The highest BCUT2D eigenvalue weighted by Gasteiger charge is 2.14. The predicted molar refractivity (Wildman–Crippen MR) is 79.5 cm³/mol. The van der Waals surface area contributed by atoms with Gasteiger partial charge in [-0.25, -0.2) is 0 Å². The van der Waals surface area contributed by atoms with Crippen LogP contribution in [0.2, 0.25) is 0 Å². The number of anilines is 1. The number of benzene rings is 1. The number of nitrogens with zero attached hydrogens (tertiary/aromatic N) is 4. The highest BCUT2D eigenvalue weighted by Crippen LogP contribution is 2.25. The topological polar surface area (TPSA) is 55.6 Å². The van der Waals surface area contributed by atoms with Gasteiger partial charge in [-0.05, 0) is 48.7 Å². The van der Waals surface area contributed by atoms with Crippen molar-refractivity contribution >= 4 is 5.69 Å². The first kappa shape index (κ1) is 13.1. The number of hydrogen-bond acceptors (Lipinski definition) is 4. The number of rotatable bonds is 3. The molecular formula is C15H21N5. The van der Waals surface area contributed by atoms with Crippen molar-refractivity contribution in [2.24, 2.45) is 7.05 Å². The number of aryl methyl sites for hydroxylation is 2. The lowest BCUT2D eigenvalue weighted by atomic mass is 9.95. The minimum absolute atomic E-state index is 0.628. The second-order valence-electron chi connectivity index (χ2n) is 5.61. The molecule has 0 bridgehead atoms. The Bertz CT molecular complexity index is 584. The van der Waals surface area contributed by atoms with Crippen molar-refractivity contribution in [2.75, 3.05) is 5.32 Å². The molecule has 1 saturated carbocycles. The summed E-state index contributed by atoms with van der Waals surface area (Å²) in [5, 5.41) is 15.9. The van der Waals surface area contributed by atoms with Gasteiger partial charge in [0.05, 0.1) is 7.05 Å². The zero-order valence-electron chi connectivity index (χ0n) is 12.1. The van der Waals surface area contributed by atoms with Crippen molar-refractivity contribution in [3.8, 4) is 11.4 Å². The van der Waals surface area contributed by atoms with Crippen LogP contribution in [-0.4, -0.2) is 26.2 Å². The van der Waals surface area contributed by atoms with Crippen molar-refractivity contribution in [1.82, 2.24) is 20.2 Å². The normalized spacial score (nSPS) is 16.3. The van der Waals surface area contributed by atoms with Gasteiger partial charge in [-0.3, -0.25) is 0 Å². The third-order valence-corrected chi connectivity index (χ3v) is 3.95. The first-order valence-electron chi connectivity index (χ1n) is 7.34. The summed E-state index contributed by atoms with van der Waals surface area (Å²) < 4.78 is 0. The molecule has 20 heavy (non-hydrogen) atoms.